The number of piperazine rings is 1. The van der Waals surface area contributed by atoms with Crippen LogP contribution in [0.1, 0.15) is 22.1 Å². The summed E-state index contributed by atoms with van der Waals surface area (Å²) >= 11 is 6.16. The summed E-state index contributed by atoms with van der Waals surface area (Å²) in [5.41, 5.74) is 1.26. The van der Waals surface area contributed by atoms with Gasteiger partial charge in [-0.3, -0.25) is 9.69 Å². The largest absolute Gasteiger partial charge is 0.495 e. The summed E-state index contributed by atoms with van der Waals surface area (Å²) in [6.07, 6.45) is 2.96. The molecule has 3 aromatic rings. The number of hydrogen-bond acceptors (Lipinski definition) is 7. The molecule has 2 aromatic heterocycles. The van der Waals surface area contributed by atoms with Crippen molar-refractivity contribution < 1.29 is 18.4 Å². The molecule has 9 heteroatoms. The first-order valence-electron chi connectivity index (χ1n) is 9.68. The van der Waals surface area contributed by atoms with Gasteiger partial charge in [0, 0.05) is 31.2 Å². The zero-order chi connectivity index (χ0) is 20.9. The Morgan fingerprint density at radius 2 is 2.07 bits per heavy atom. The first-order chi connectivity index (χ1) is 14.6. The summed E-state index contributed by atoms with van der Waals surface area (Å²) in [5, 5.41) is 3.45. The van der Waals surface area contributed by atoms with E-state index in [0.717, 1.165) is 37.6 Å². The minimum atomic E-state index is -0.292. The number of benzene rings is 1. The lowest BCUT2D eigenvalue weighted by Gasteiger charge is -2.36. The summed E-state index contributed by atoms with van der Waals surface area (Å²) in [6.45, 7) is 4.17. The lowest BCUT2D eigenvalue weighted by atomic mass is 10.2. The zero-order valence-electron chi connectivity index (χ0n) is 16.6. The number of nitrogens with zero attached hydrogens (tertiary/aromatic N) is 3. The molecule has 0 bridgehead atoms. The summed E-state index contributed by atoms with van der Waals surface area (Å²) in [7, 11) is 1.66. The van der Waals surface area contributed by atoms with Crippen LogP contribution in [0.2, 0.25) is 5.02 Å². The van der Waals surface area contributed by atoms with E-state index in [9.17, 15) is 4.79 Å². The van der Waals surface area contributed by atoms with Crippen molar-refractivity contribution in [3.8, 4) is 5.75 Å². The quantitative estimate of drug-likeness (QED) is 0.616. The molecule has 0 radical (unpaired) electrons. The Bertz CT molecular complexity index is 981. The Balaban J connectivity index is 1.29. The fraction of sp³-hybridized carbons (Fsp3) is 0.333. The van der Waals surface area contributed by atoms with Gasteiger partial charge in [0.15, 0.2) is 5.69 Å². The predicted molar refractivity (Wildman–Crippen MR) is 112 cm³/mol. The molecule has 1 fully saturated rings. The molecule has 1 amide bonds. The minimum Gasteiger partial charge on any atom is -0.495 e. The van der Waals surface area contributed by atoms with Gasteiger partial charge in [-0.05, 0) is 30.3 Å². The van der Waals surface area contributed by atoms with Crippen LogP contribution in [0.3, 0.4) is 0 Å². The van der Waals surface area contributed by atoms with Crippen molar-refractivity contribution in [1.82, 2.24) is 15.2 Å². The highest BCUT2D eigenvalue weighted by Gasteiger charge is 2.22. The van der Waals surface area contributed by atoms with Crippen LogP contribution < -0.4 is 15.0 Å². The second kappa shape index (κ2) is 9.23. The molecule has 158 valence electrons. The summed E-state index contributed by atoms with van der Waals surface area (Å²) in [6, 6.07) is 9.21. The number of aromatic nitrogens is 1. The third kappa shape index (κ3) is 4.77. The van der Waals surface area contributed by atoms with E-state index in [1.54, 1.807) is 25.5 Å². The van der Waals surface area contributed by atoms with Gasteiger partial charge in [-0.1, -0.05) is 11.6 Å². The van der Waals surface area contributed by atoms with Gasteiger partial charge in [-0.2, -0.15) is 0 Å². The van der Waals surface area contributed by atoms with E-state index in [1.807, 2.05) is 18.2 Å². The van der Waals surface area contributed by atoms with Gasteiger partial charge in [-0.25, -0.2) is 4.98 Å². The molecular weight excluding hydrogens is 408 g/mol. The average molecular weight is 431 g/mol. The highest BCUT2D eigenvalue weighted by atomic mass is 35.5. The van der Waals surface area contributed by atoms with E-state index in [-0.39, 0.29) is 11.6 Å². The number of ether oxygens (including phenoxy) is 1. The van der Waals surface area contributed by atoms with Crippen LogP contribution in [-0.2, 0) is 13.1 Å². The highest BCUT2D eigenvalue weighted by molar-refractivity contribution is 6.30. The van der Waals surface area contributed by atoms with Crippen LogP contribution in [0.25, 0.3) is 0 Å². The van der Waals surface area contributed by atoms with Crippen molar-refractivity contribution >= 4 is 23.2 Å². The van der Waals surface area contributed by atoms with Crippen LogP contribution in [0.5, 0.6) is 5.75 Å². The van der Waals surface area contributed by atoms with Crippen molar-refractivity contribution in [1.29, 1.82) is 0 Å². The molecule has 8 nitrogen and oxygen atoms in total. The summed E-state index contributed by atoms with van der Waals surface area (Å²) in [4.78, 5) is 21.0. The number of carbonyl (C=O) groups excluding carboxylic acids is 1. The zero-order valence-corrected chi connectivity index (χ0v) is 17.4. The third-order valence-electron chi connectivity index (χ3n) is 5.00. The third-order valence-corrected chi connectivity index (χ3v) is 5.24. The monoisotopic (exact) mass is 430 g/mol. The molecule has 0 spiro atoms. The van der Waals surface area contributed by atoms with Crippen molar-refractivity contribution in [3.05, 3.63) is 65.2 Å². The van der Waals surface area contributed by atoms with Crippen LogP contribution >= 0.6 is 11.6 Å². The molecule has 30 heavy (non-hydrogen) atoms. The Morgan fingerprint density at radius 1 is 1.23 bits per heavy atom. The van der Waals surface area contributed by atoms with Crippen LogP contribution in [-0.4, -0.2) is 49.1 Å². The van der Waals surface area contributed by atoms with E-state index in [0.29, 0.717) is 29.8 Å². The van der Waals surface area contributed by atoms with E-state index < -0.39 is 0 Å². The standard InChI is InChI=1S/C21H23ClN4O4/c1-28-19-5-4-15(22)11-18(19)26-8-6-25(7-9-26)13-20-24-17(14-30-20)21(27)23-12-16-3-2-10-29-16/h2-5,10-11,14H,6-9,12-13H2,1H3,(H,23,27). The fourth-order valence-electron chi connectivity index (χ4n) is 3.41. The first kappa shape index (κ1) is 20.3. The summed E-state index contributed by atoms with van der Waals surface area (Å²) < 4.78 is 16.2. The maximum absolute atomic E-state index is 12.2. The summed E-state index contributed by atoms with van der Waals surface area (Å²) in [5.74, 6) is 1.72. The number of methoxy groups -OCH3 is 1. The number of carbonyl (C=O) groups is 1. The Hall–Kier alpha value is -2.97. The van der Waals surface area contributed by atoms with E-state index in [4.69, 9.17) is 25.2 Å². The minimum absolute atomic E-state index is 0.263. The van der Waals surface area contributed by atoms with Crippen molar-refractivity contribution in [2.75, 3.05) is 38.2 Å². The first-order valence-corrected chi connectivity index (χ1v) is 10.1. The molecule has 3 heterocycles. The van der Waals surface area contributed by atoms with Crippen LogP contribution in [0, 0.1) is 0 Å². The molecule has 4 rings (SSSR count). The number of halogens is 1. The number of rotatable bonds is 7. The van der Waals surface area contributed by atoms with Gasteiger partial charge in [0.25, 0.3) is 5.91 Å². The maximum atomic E-state index is 12.2. The van der Waals surface area contributed by atoms with E-state index >= 15 is 0 Å². The van der Waals surface area contributed by atoms with Gasteiger partial charge >= 0.3 is 0 Å². The lowest BCUT2D eigenvalue weighted by molar-refractivity contribution is 0.0943. The lowest BCUT2D eigenvalue weighted by Crippen LogP contribution is -2.46. The predicted octanol–water partition coefficient (Wildman–Crippen LogP) is 3.18. The van der Waals surface area contributed by atoms with Gasteiger partial charge in [0.1, 0.15) is 17.8 Å². The Morgan fingerprint density at radius 3 is 2.80 bits per heavy atom. The Kier molecular flexibility index (Phi) is 6.25. The molecule has 0 atom stereocenters. The SMILES string of the molecule is COc1ccc(Cl)cc1N1CCN(Cc2nc(C(=O)NCc3ccco3)co2)CC1. The van der Waals surface area contributed by atoms with Crippen molar-refractivity contribution in [2.45, 2.75) is 13.1 Å². The smallest absolute Gasteiger partial charge is 0.273 e. The highest BCUT2D eigenvalue weighted by Crippen LogP contribution is 2.32. The van der Waals surface area contributed by atoms with E-state index in [2.05, 4.69) is 20.1 Å². The molecule has 1 saturated heterocycles. The number of oxazole rings is 1. The van der Waals surface area contributed by atoms with E-state index in [1.165, 1.54) is 6.26 Å². The number of furan rings is 1. The normalized spacial score (nSPS) is 14.7. The molecule has 1 aromatic carbocycles. The van der Waals surface area contributed by atoms with Crippen LogP contribution in [0.4, 0.5) is 5.69 Å². The fourth-order valence-corrected chi connectivity index (χ4v) is 3.57. The molecule has 0 aliphatic carbocycles. The van der Waals surface area contributed by atoms with Gasteiger partial charge in [0.05, 0.1) is 32.1 Å². The maximum Gasteiger partial charge on any atom is 0.273 e. The topological polar surface area (TPSA) is 84.0 Å². The molecular formula is C21H23ClN4O4. The molecule has 1 aliphatic heterocycles. The van der Waals surface area contributed by atoms with Crippen molar-refractivity contribution in [3.63, 3.8) is 0 Å². The number of nitrogens with one attached hydrogen (secondary N) is 1. The molecule has 1 aliphatic rings. The second-order valence-electron chi connectivity index (χ2n) is 6.97. The Labute approximate surface area is 179 Å². The second-order valence-corrected chi connectivity index (χ2v) is 7.40. The van der Waals surface area contributed by atoms with Gasteiger partial charge in [-0.15, -0.1) is 0 Å². The number of hydrogen-bond donors (Lipinski definition) is 1. The van der Waals surface area contributed by atoms with Gasteiger partial charge < -0.3 is 23.8 Å². The van der Waals surface area contributed by atoms with Crippen LogP contribution in [0.15, 0.2) is 51.7 Å². The molecule has 0 saturated carbocycles. The van der Waals surface area contributed by atoms with Crippen molar-refractivity contribution in [2.24, 2.45) is 0 Å². The molecule has 1 N–H and O–H groups in total. The number of anilines is 1. The average Bonchev–Trinajstić information content (AvgIpc) is 3.45. The molecule has 0 unspecified atom stereocenters. The number of amides is 1. The van der Waals surface area contributed by atoms with Gasteiger partial charge in [0.2, 0.25) is 5.89 Å².